The van der Waals surface area contributed by atoms with Crippen LogP contribution in [0.4, 0.5) is 0 Å². The number of nitrogens with zero attached hydrogens (tertiary/aromatic N) is 1. The lowest BCUT2D eigenvalue weighted by Crippen LogP contribution is -2.29. The van der Waals surface area contributed by atoms with Gasteiger partial charge in [0.15, 0.2) is 0 Å². The molecule has 0 unspecified atom stereocenters. The van der Waals surface area contributed by atoms with Crippen LogP contribution in [0.2, 0.25) is 0 Å². The van der Waals surface area contributed by atoms with Gasteiger partial charge in [0.05, 0.1) is 5.84 Å². The quantitative estimate of drug-likeness (QED) is 0.360. The Balaban J connectivity index is 2.10. The van der Waals surface area contributed by atoms with Gasteiger partial charge in [0.2, 0.25) is 0 Å². The molecule has 0 bridgehead atoms. The Kier molecular flexibility index (Phi) is 5.81. The molecular weight excluding hydrogens is 198 g/mol. The zero-order chi connectivity index (χ0) is 12.0. The Hall–Kier alpha value is -0.570. The van der Waals surface area contributed by atoms with E-state index in [1.165, 1.54) is 38.8 Å². The van der Waals surface area contributed by atoms with Crippen molar-refractivity contribution < 1.29 is 0 Å². The van der Waals surface area contributed by atoms with E-state index in [0.29, 0.717) is 5.84 Å². The number of nitrogens with two attached hydrogens (primary N) is 1. The van der Waals surface area contributed by atoms with Crippen LogP contribution in [0, 0.1) is 11.3 Å². The summed E-state index contributed by atoms with van der Waals surface area (Å²) in [4.78, 5) is 2.64. The standard InChI is InChI=1S/C13H27N3/c1-11(2)8-10-16(12-6-7-12)9-4-3-5-13(14)15/h11-12H,3-10H2,1-2H3,(H3,14,15). The van der Waals surface area contributed by atoms with Crippen LogP contribution in [-0.4, -0.2) is 29.9 Å². The third-order valence-corrected chi connectivity index (χ3v) is 3.20. The van der Waals surface area contributed by atoms with Crippen molar-refractivity contribution in [1.29, 1.82) is 5.41 Å². The lowest BCUT2D eigenvalue weighted by molar-refractivity contribution is 0.243. The van der Waals surface area contributed by atoms with Crippen molar-refractivity contribution in [2.24, 2.45) is 11.7 Å². The van der Waals surface area contributed by atoms with E-state index in [-0.39, 0.29) is 0 Å². The maximum absolute atomic E-state index is 7.18. The molecule has 0 saturated heterocycles. The topological polar surface area (TPSA) is 53.1 Å². The highest BCUT2D eigenvalue weighted by Crippen LogP contribution is 2.27. The first kappa shape index (κ1) is 13.5. The van der Waals surface area contributed by atoms with Crippen LogP contribution < -0.4 is 5.73 Å². The minimum atomic E-state index is 0.333. The molecule has 1 fully saturated rings. The van der Waals surface area contributed by atoms with Crippen molar-refractivity contribution in [2.75, 3.05) is 13.1 Å². The predicted octanol–water partition coefficient (Wildman–Crippen LogP) is 2.60. The van der Waals surface area contributed by atoms with Crippen molar-refractivity contribution in [3.05, 3.63) is 0 Å². The Morgan fingerprint density at radius 1 is 1.31 bits per heavy atom. The molecular formula is C13H27N3. The maximum atomic E-state index is 7.18. The molecule has 0 aromatic rings. The van der Waals surface area contributed by atoms with E-state index >= 15 is 0 Å². The van der Waals surface area contributed by atoms with Gasteiger partial charge in [-0.25, -0.2) is 0 Å². The minimum absolute atomic E-state index is 0.333. The zero-order valence-electron chi connectivity index (χ0n) is 10.8. The Morgan fingerprint density at radius 2 is 2.00 bits per heavy atom. The SMILES string of the molecule is CC(C)CCN(CCCCC(=N)N)C1CC1. The zero-order valence-corrected chi connectivity index (χ0v) is 10.8. The molecule has 0 atom stereocenters. The van der Waals surface area contributed by atoms with Crippen molar-refractivity contribution in [3.63, 3.8) is 0 Å². The van der Waals surface area contributed by atoms with Gasteiger partial charge < -0.3 is 10.6 Å². The largest absolute Gasteiger partial charge is 0.388 e. The molecule has 0 heterocycles. The highest BCUT2D eigenvalue weighted by Gasteiger charge is 2.27. The molecule has 0 amide bonds. The molecule has 1 aliphatic carbocycles. The number of hydrogen-bond donors (Lipinski definition) is 2. The summed E-state index contributed by atoms with van der Waals surface area (Å²) < 4.78 is 0. The van der Waals surface area contributed by atoms with Crippen LogP contribution in [0.15, 0.2) is 0 Å². The number of amidine groups is 1. The first-order valence-corrected chi connectivity index (χ1v) is 6.66. The smallest absolute Gasteiger partial charge is 0.0905 e. The maximum Gasteiger partial charge on any atom is 0.0905 e. The van der Waals surface area contributed by atoms with Gasteiger partial charge in [-0.3, -0.25) is 5.41 Å². The highest BCUT2D eigenvalue weighted by molar-refractivity contribution is 5.76. The minimum Gasteiger partial charge on any atom is -0.388 e. The van der Waals surface area contributed by atoms with Crippen molar-refractivity contribution >= 4 is 5.84 Å². The van der Waals surface area contributed by atoms with Crippen LogP contribution in [-0.2, 0) is 0 Å². The molecule has 1 rings (SSSR count). The van der Waals surface area contributed by atoms with Crippen LogP contribution >= 0.6 is 0 Å². The molecule has 1 saturated carbocycles. The first-order chi connectivity index (χ1) is 7.59. The van der Waals surface area contributed by atoms with E-state index in [1.54, 1.807) is 0 Å². The van der Waals surface area contributed by atoms with Gasteiger partial charge in [-0.15, -0.1) is 0 Å². The second-order valence-corrected chi connectivity index (χ2v) is 5.43. The average molecular weight is 225 g/mol. The fraction of sp³-hybridized carbons (Fsp3) is 0.923. The van der Waals surface area contributed by atoms with Crippen molar-refractivity contribution in [1.82, 2.24) is 4.90 Å². The summed E-state index contributed by atoms with van der Waals surface area (Å²) in [6.45, 7) is 7.04. The molecule has 3 nitrogen and oxygen atoms in total. The Bertz CT molecular complexity index is 209. The number of rotatable bonds is 9. The van der Waals surface area contributed by atoms with Gasteiger partial charge >= 0.3 is 0 Å². The summed E-state index contributed by atoms with van der Waals surface area (Å²) in [5, 5.41) is 7.18. The molecule has 0 aliphatic heterocycles. The molecule has 94 valence electrons. The monoisotopic (exact) mass is 225 g/mol. The van der Waals surface area contributed by atoms with Crippen LogP contribution in [0.1, 0.15) is 52.4 Å². The number of nitrogens with one attached hydrogen (secondary N) is 1. The summed E-state index contributed by atoms with van der Waals surface area (Å²) in [5.41, 5.74) is 5.35. The lowest BCUT2D eigenvalue weighted by Gasteiger charge is -2.22. The number of unbranched alkanes of at least 4 members (excludes halogenated alkanes) is 1. The van der Waals surface area contributed by atoms with Gasteiger partial charge in [0.25, 0.3) is 0 Å². The molecule has 0 aromatic carbocycles. The third kappa shape index (κ3) is 6.11. The predicted molar refractivity (Wildman–Crippen MR) is 69.8 cm³/mol. The number of hydrogen-bond acceptors (Lipinski definition) is 2. The van der Waals surface area contributed by atoms with E-state index in [0.717, 1.165) is 24.8 Å². The first-order valence-electron chi connectivity index (χ1n) is 6.66. The van der Waals surface area contributed by atoms with E-state index in [4.69, 9.17) is 11.1 Å². The van der Waals surface area contributed by atoms with E-state index < -0.39 is 0 Å². The van der Waals surface area contributed by atoms with E-state index in [2.05, 4.69) is 18.7 Å². The van der Waals surface area contributed by atoms with E-state index in [9.17, 15) is 0 Å². The molecule has 1 aliphatic rings. The van der Waals surface area contributed by atoms with Gasteiger partial charge in [0.1, 0.15) is 0 Å². The fourth-order valence-electron chi connectivity index (χ4n) is 1.97. The molecule has 3 N–H and O–H groups in total. The average Bonchev–Trinajstić information content (AvgIpc) is 2.99. The van der Waals surface area contributed by atoms with Gasteiger partial charge in [-0.05, 0) is 51.1 Å². The van der Waals surface area contributed by atoms with Crippen molar-refractivity contribution in [2.45, 2.75) is 58.4 Å². The van der Waals surface area contributed by atoms with Crippen LogP contribution in [0.3, 0.4) is 0 Å². The van der Waals surface area contributed by atoms with Crippen LogP contribution in [0.5, 0.6) is 0 Å². The molecule has 0 spiro atoms. The molecule has 0 aromatic heterocycles. The molecule has 3 heteroatoms. The normalized spacial score (nSPS) is 16.0. The second-order valence-electron chi connectivity index (χ2n) is 5.43. The van der Waals surface area contributed by atoms with E-state index in [1.807, 2.05) is 0 Å². The lowest BCUT2D eigenvalue weighted by atomic mass is 10.1. The van der Waals surface area contributed by atoms with Gasteiger partial charge in [0, 0.05) is 12.5 Å². The second kappa shape index (κ2) is 6.89. The van der Waals surface area contributed by atoms with Gasteiger partial charge in [-0.1, -0.05) is 13.8 Å². The molecule has 16 heavy (non-hydrogen) atoms. The Labute approximate surface area is 99.9 Å². The van der Waals surface area contributed by atoms with Crippen molar-refractivity contribution in [3.8, 4) is 0 Å². The summed E-state index contributed by atoms with van der Waals surface area (Å²) in [7, 11) is 0. The Morgan fingerprint density at radius 3 is 2.50 bits per heavy atom. The fourth-order valence-corrected chi connectivity index (χ4v) is 1.97. The molecule has 0 radical (unpaired) electrons. The summed E-state index contributed by atoms with van der Waals surface area (Å²) in [6, 6.07) is 0.871. The highest BCUT2D eigenvalue weighted by atomic mass is 15.2. The third-order valence-electron chi connectivity index (χ3n) is 3.20. The summed E-state index contributed by atoms with van der Waals surface area (Å²) in [5.74, 6) is 1.14. The summed E-state index contributed by atoms with van der Waals surface area (Å²) >= 11 is 0. The van der Waals surface area contributed by atoms with Gasteiger partial charge in [-0.2, -0.15) is 0 Å². The van der Waals surface area contributed by atoms with Crippen LogP contribution in [0.25, 0.3) is 0 Å². The summed E-state index contributed by atoms with van der Waals surface area (Å²) in [6.07, 6.45) is 7.12.